The van der Waals surface area contributed by atoms with Gasteiger partial charge in [0.15, 0.2) is 0 Å². The minimum Gasteiger partial charge on any atom is -0.303 e. The SMILES string of the molecule is C=C(CCCCN(CCC)CCCCCCCCCC(=O)CCCCCC)CC(CCCCCCC)CCCCCCC. The number of nitrogens with zero attached hydrogens (tertiary/aromatic N) is 1. The van der Waals surface area contributed by atoms with Gasteiger partial charge in [-0.1, -0.05) is 168 Å². The summed E-state index contributed by atoms with van der Waals surface area (Å²) in [5.74, 6) is 1.39. The quantitative estimate of drug-likeness (QED) is 0.0524. The predicted molar refractivity (Wildman–Crippen MR) is 195 cm³/mol. The number of carbonyl (C=O) groups excluding carboxylic acids is 1. The summed E-state index contributed by atoms with van der Waals surface area (Å²) in [7, 11) is 0. The molecule has 0 rings (SSSR count). The first-order chi connectivity index (χ1) is 21.1. The van der Waals surface area contributed by atoms with Crippen molar-refractivity contribution in [3.8, 4) is 0 Å². The van der Waals surface area contributed by atoms with Crippen LogP contribution in [0.1, 0.15) is 220 Å². The molecule has 0 saturated carbocycles. The Bertz CT molecular complexity index is 570. The van der Waals surface area contributed by atoms with Crippen molar-refractivity contribution < 1.29 is 4.79 Å². The smallest absolute Gasteiger partial charge is 0.132 e. The molecule has 0 spiro atoms. The molecule has 0 aromatic heterocycles. The molecule has 0 aliphatic carbocycles. The molecule has 0 radical (unpaired) electrons. The fourth-order valence-corrected chi connectivity index (χ4v) is 6.71. The molecule has 2 nitrogen and oxygen atoms in total. The lowest BCUT2D eigenvalue weighted by Crippen LogP contribution is -2.27. The van der Waals surface area contributed by atoms with Crippen molar-refractivity contribution >= 4 is 5.78 Å². The van der Waals surface area contributed by atoms with E-state index in [0.29, 0.717) is 5.78 Å². The zero-order valence-corrected chi connectivity index (χ0v) is 30.5. The summed E-state index contributed by atoms with van der Waals surface area (Å²) in [6, 6.07) is 0. The maximum atomic E-state index is 12.0. The highest BCUT2D eigenvalue weighted by molar-refractivity contribution is 5.78. The van der Waals surface area contributed by atoms with E-state index in [4.69, 9.17) is 0 Å². The van der Waals surface area contributed by atoms with Crippen LogP contribution in [0.15, 0.2) is 12.2 Å². The van der Waals surface area contributed by atoms with Crippen molar-refractivity contribution in [2.24, 2.45) is 5.92 Å². The first kappa shape index (κ1) is 42.4. The average molecular weight is 604 g/mol. The number of rotatable bonds is 36. The van der Waals surface area contributed by atoms with Crippen molar-refractivity contribution in [1.82, 2.24) is 4.90 Å². The number of hydrogen-bond donors (Lipinski definition) is 0. The molecule has 0 N–H and O–H groups in total. The van der Waals surface area contributed by atoms with E-state index in [1.54, 1.807) is 0 Å². The number of allylic oxidation sites excluding steroid dienone is 1. The molecule has 0 fully saturated rings. The van der Waals surface area contributed by atoms with Gasteiger partial charge >= 0.3 is 0 Å². The Hall–Kier alpha value is -0.630. The minimum absolute atomic E-state index is 0.502. The average Bonchev–Trinajstić information content (AvgIpc) is 3.00. The van der Waals surface area contributed by atoms with Gasteiger partial charge < -0.3 is 4.90 Å². The van der Waals surface area contributed by atoms with Crippen LogP contribution >= 0.6 is 0 Å². The summed E-state index contributed by atoms with van der Waals surface area (Å²) in [5.41, 5.74) is 1.53. The number of Topliss-reactive ketones (excluding diaryl/α,β-unsaturated/α-hetero) is 1. The van der Waals surface area contributed by atoms with Crippen molar-refractivity contribution in [3.05, 3.63) is 12.2 Å². The molecule has 43 heavy (non-hydrogen) atoms. The van der Waals surface area contributed by atoms with Crippen LogP contribution in [0.3, 0.4) is 0 Å². The van der Waals surface area contributed by atoms with E-state index in [9.17, 15) is 4.79 Å². The molecule has 0 saturated heterocycles. The van der Waals surface area contributed by atoms with Gasteiger partial charge in [0.2, 0.25) is 0 Å². The lowest BCUT2D eigenvalue weighted by atomic mass is 9.87. The molecule has 256 valence electrons. The zero-order valence-electron chi connectivity index (χ0n) is 30.5. The Morgan fingerprint density at radius 1 is 0.465 bits per heavy atom. The van der Waals surface area contributed by atoms with Crippen LogP contribution in [-0.4, -0.2) is 30.3 Å². The third kappa shape index (κ3) is 31.2. The van der Waals surface area contributed by atoms with Gasteiger partial charge in [-0.3, -0.25) is 4.79 Å². The summed E-state index contributed by atoms with van der Waals surface area (Å²) >= 11 is 0. The first-order valence-corrected chi connectivity index (χ1v) is 20.0. The van der Waals surface area contributed by atoms with Crippen molar-refractivity contribution in [1.29, 1.82) is 0 Å². The zero-order chi connectivity index (χ0) is 31.6. The third-order valence-electron chi connectivity index (χ3n) is 9.54. The highest BCUT2D eigenvalue weighted by Crippen LogP contribution is 2.26. The van der Waals surface area contributed by atoms with Crippen LogP contribution in [0.25, 0.3) is 0 Å². The van der Waals surface area contributed by atoms with Crippen molar-refractivity contribution in [2.75, 3.05) is 19.6 Å². The molecule has 0 aliphatic rings. The number of ketones is 1. The number of unbranched alkanes of at least 4 members (excludes halogenated alkanes) is 18. The second kappa shape index (κ2) is 34.2. The van der Waals surface area contributed by atoms with Crippen molar-refractivity contribution in [2.45, 2.75) is 220 Å². The van der Waals surface area contributed by atoms with Gasteiger partial charge in [-0.25, -0.2) is 0 Å². The van der Waals surface area contributed by atoms with E-state index in [2.05, 4.69) is 39.2 Å². The van der Waals surface area contributed by atoms with E-state index in [0.717, 1.165) is 31.6 Å². The van der Waals surface area contributed by atoms with Crippen LogP contribution in [0.5, 0.6) is 0 Å². The maximum Gasteiger partial charge on any atom is 0.132 e. The molecular weight excluding hydrogens is 522 g/mol. The van der Waals surface area contributed by atoms with Crippen LogP contribution in [0.2, 0.25) is 0 Å². The molecule has 0 atom stereocenters. The van der Waals surface area contributed by atoms with Crippen LogP contribution in [0.4, 0.5) is 0 Å². The van der Waals surface area contributed by atoms with Gasteiger partial charge in [0.1, 0.15) is 5.78 Å². The molecule has 0 heterocycles. The fourth-order valence-electron chi connectivity index (χ4n) is 6.71. The van der Waals surface area contributed by atoms with E-state index >= 15 is 0 Å². The van der Waals surface area contributed by atoms with Crippen LogP contribution in [0, 0.1) is 5.92 Å². The third-order valence-corrected chi connectivity index (χ3v) is 9.54. The van der Waals surface area contributed by atoms with E-state index in [1.165, 1.54) is 192 Å². The van der Waals surface area contributed by atoms with Crippen LogP contribution in [-0.2, 0) is 4.79 Å². The van der Waals surface area contributed by atoms with E-state index < -0.39 is 0 Å². The standard InChI is InChI=1S/C41H81NO/c1-6-10-13-19-23-31-40(32-24-20-14-11-7-2)38-39(5)30-27-29-37-42(35-9-4)36-28-22-18-16-17-21-26-34-41(43)33-25-15-12-8-3/h40H,5-38H2,1-4H3. The maximum absolute atomic E-state index is 12.0. The Kier molecular flexibility index (Phi) is 33.7. The first-order valence-electron chi connectivity index (χ1n) is 20.0. The highest BCUT2D eigenvalue weighted by Gasteiger charge is 2.11. The molecule has 0 bridgehead atoms. The highest BCUT2D eigenvalue weighted by atomic mass is 16.1. The topological polar surface area (TPSA) is 20.3 Å². The lowest BCUT2D eigenvalue weighted by molar-refractivity contribution is -0.119. The van der Waals surface area contributed by atoms with Gasteiger partial charge in [0.05, 0.1) is 0 Å². The molecule has 0 aromatic carbocycles. The van der Waals surface area contributed by atoms with E-state index in [-0.39, 0.29) is 0 Å². The van der Waals surface area contributed by atoms with E-state index in [1.807, 2.05) is 0 Å². The number of carbonyl (C=O) groups is 1. The molecule has 0 aliphatic heterocycles. The second-order valence-electron chi connectivity index (χ2n) is 14.1. The Morgan fingerprint density at radius 2 is 0.860 bits per heavy atom. The van der Waals surface area contributed by atoms with Gasteiger partial charge in [0.25, 0.3) is 0 Å². The Balaban J connectivity index is 4.01. The Morgan fingerprint density at radius 3 is 1.37 bits per heavy atom. The monoisotopic (exact) mass is 604 g/mol. The fraction of sp³-hybridized carbons (Fsp3) is 0.927. The predicted octanol–water partition coefficient (Wildman–Crippen LogP) is 13.8. The lowest BCUT2D eigenvalue weighted by Gasteiger charge is -2.22. The molecule has 0 aromatic rings. The van der Waals surface area contributed by atoms with Gasteiger partial charge in [0, 0.05) is 12.8 Å². The van der Waals surface area contributed by atoms with Crippen molar-refractivity contribution in [3.63, 3.8) is 0 Å². The minimum atomic E-state index is 0.502. The van der Waals surface area contributed by atoms with Gasteiger partial charge in [-0.2, -0.15) is 0 Å². The largest absolute Gasteiger partial charge is 0.303 e. The second-order valence-corrected chi connectivity index (χ2v) is 14.1. The normalized spacial score (nSPS) is 11.7. The summed E-state index contributed by atoms with van der Waals surface area (Å²) in [5, 5.41) is 0. The van der Waals surface area contributed by atoms with Crippen LogP contribution < -0.4 is 0 Å². The summed E-state index contributed by atoms with van der Waals surface area (Å²) < 4.78 is 0. The summed E-state index contributed by atoms with van der Waals surface area (Å²) in [6.45, 7) is 17.5. The molecular formula is C41H81NO. The summed E-state index contributed by atoms with van der Waals surface area (Å²) in [6.07, 6.45) is 39.0. The molecule has 0 amide bonds. The molecule has 2 heteroatoms. The molecule has 0 unspecified atom stereocenters. The Labute approximate surface area is 273 Å². The van der Waals surface area contributed by atoms with Gasteiger partial charge in [-0.05, 0) is 76.9 Å². The number of hydrogen-bond acceptors (Lipinski definition) is 2. The summed E-state index contributed by atoms with van der Waals surface area (Å²) in [4.78, 5) is 14.7. The van der Waals surface area contributed by atoms with Gasteiger partial charge in [-0.15, -0.1) is 0 Å².